The minimum atomic E-state index is -1.08. The zero-order valence-electron chi connectivity index (χ0n) is 19.4. The molecule has 0 fully saturated rings. The van der Waals surface area contributed by atoms with Gasteiger partial charge in [-0.25, -0.2) is 18.8 Å². The van der Waals surface area contributed by atoms with Crippen LogP contribution in [0.25, 0.3) is 0 Å². The monoisotopic (exact) mass is 479 g/mol. The highest BCUT2D eigenvalue weighted by atomic mass is 19.1. The topological polar surface area (TPSA) is 132 Å². The van der Waals surface area contributed by atoms with Crippen LogP contribution in [0.15, 0.2) is 65.1 Å². The number of carbonyl (C=O) groups is 3. The normalized spacial score (nSPS) is 15.4. The highest BCUT2D eigenvalue weighted by Crippen LogP contribution is 2.44. The van der Waals surface area contributed by atoms with Crippen molar-refractivity contribution in [2.75, 3.05) is 26.2 Å². The van der Waals surface area contributed by atoms with E-state index < -0.39 is 29.6 Å². The fraction of sp³-hybridized carbons (Fsp3) is 0.200. The molecule has 0 radical (unpaired) electrons. The van der Waals surface area contributed by atoms with Crippen LogP contribution in [0.1, 0.15) is 27.4 Å². The molecule has 1 aliphatic heterocycles. The van der Waals surface area contributed by atoms with Gasteiger partial charge in [-0.3, -0.25) is 4.90 Å². The molecule has 0 saturated carbocycles. The number of rotatable bonds is 5. The molecule has 180 valence electrons. The summed E-state index contributed by atoms with van der Waals surface area (Å²) in [6.07, 6.45) is 0. The number of nitriles is 1. The summed E-state index contributed by atoms with van der Waals surface area (Å²) in [5.41, 5.74) is 5.93. The number of ether oxygens (including phenoxy) is 3. The lowest BCUT2D eigenvalue weighted by Gasteiger charge is -2.36. The highest BCUT2D eigenvalue weighted by molar-refractivity contribution is 6.06. The number of anilines is 1. The third kappa shape index (κ3) is 4.31. The van der Waals surface area contributed by atoms with Crippen LogP contribution in [0, 0.1) is 24.1 Å². The molecule has 3 rings (SSSR count). The lowest BCUT2D eigenvalue weighted by molar-refractivity contribution is -0.139. The van der Waals surface area contributed by atoms with Gasteiger partial charge < -0.3 is 19.9 Å². The Kier molecular flexibility index (Phi) is 7.20. The predicted molar refractivity (Wildman–Crippen MR) is 122 cm³/mol. The van der Waals surface area contributed by atoms with Crippen molar-refractivity contribution in [3.8, 4) is 6.07 Å². The van der Waals surface area contributed by atoms with Crippen LogP contribution in [0.3, 0.4) is 0 Å². The van der Waals surface area contributed by atoms with E-state index >= 15 is 0 Å². The van der Waals surface area contributed by atoms with Crippen LogP contribution in [-0.4, -0.2) is 39.2 Å². The Hall–Kier alpha value is -4.65. The Morgan fingerprint density at radius 3 is 2.14 bits per heavy atom. The van der Waals surface area contributed by atoms with Gasteiger partial charge in [0.25, 0.3) is 0 Å². The predicted octanol–water partition coefficient (Wildman–Crippen LogP) is 2.82. The molecular formula is C25H22FN3O6. The molecule has 0 saturated heterocycles. The van der Waals surface area contributed by atoms with Crippen LogP contribution >= 0.6 is 0 Å². The van der Waals surface area contributed by atoms with Crippen LogP contribution in [0.2, 0.25) is 0 Å². The molecule has 1 unspecified atom stereocenters. The Labute approximate surface area is 200 Å². The number of nitrogens with zero attached hydrogens (tertiary/aromatic N) is 2. The molecule has 35 heavy (non-hydrogen) atoms. The first-order valence-electron chi connectivity index (χ1n) is 10.3. The van der Waals surface area contributed by atoms with Crippen molar-refractivity contribution in [3.63, 3.8) is 0 Å². The van der Waals surface area contributed by atoms with Crippen LogP contribution < -0.4 is 10.6 Å². The van der Waals surface area contributed by atoms with Crippen LogP contribution in [0.4, 0.5) is 10.1 Å². The fourth-order valence-electron chi connectivity index (χ4n) is 3.90. The number of methoxy groups -OCH3 is 3. The van der Waals surface area contributed by atoms with Crippen molar-refractivity contribution in [3.05, 3.63) is 87.6 Å². The van der Waals surface area contributed by atoms with Crippen molar-refractivity contribution in [1.29, 1.82) is 5.26 Å². The van der Waals surface area contributed by atoms with Gasteiger partial charge in [0.05, 0.1) is 55.7 Å². The van der Waals surface area contributed by atoms with E-state index in [1.807, 2.05) is 6.07 Å². The van der Waals surface area contributed by atoms with E-state index in [4.69, 9.17) is 19.9 Å². The molecule has 0 aliphatic carbocycles. The van der Waals surface area contributed by atoms with E-state index in [1.165, 1.54) is 13.0 Å². The summed E-state index contributed by atoms with van der Waals surface area (Å²) in [5.74, 6) is -4.89. The van der Waals surface area contributed by atoms with Gasteiger partial charge in [0.2, 0.25) is 0 Å². The van der Waals surface area contributed by atoms with E-state index in [2.05, 4.69) is 0 Å². The number of benzene rings is 2. The molecule has 0 aromatic heterocycles. The van der Waals surface area contributed by atoms with Crippen LogP contribution in [-0.2, 0) is 23.8 Å². The van der Waals surface area contributed by atoms with Crippen molar-refractivity contribution in [1.82, 2.24) is 0 Å². The number of halogens is 1. The van der Waals surface area contributed by atoms with E-state index in [0.29, 0.717) is 5.56 Å². The summed E-state index contributed by atoms with van der Waals surface area (Å²) in [5, 5.41) is 10.1. The fourth-order valence-corrected chi connectivity index (χ4v) is 3.90. The van der Waals surface area contributed by atoms with Crippen LogP contribution in [0.5, 0.6) is 0 Å². The number of allylic oxidation sites excluding steroid dienone is 1. The number of esters is 3. The molecule has 2 N–H and O–H groups in total. The van der Waals surface area contributed by atoms with Crippen molar-refractivity contribution < 1.29 is 33.0 Å². The summed E-state index contributed by atoms with van der Waals surface area (Å²) in [6.45, 7) is 1.39. The molecule has 10 heteroatoms. The Morgan fingerprint density at radius 1 is 1.00 bits per heavy atom. The SMILES string of the molecule is COC(=O)C1=C(C(=O)OC)N(c2cc(C(=O)OC)cc(F)c2C)C(N)=C(C#N)C1c1ccccc1. The molecule has 2 aromatic carbocycles. The standard InChI is InChI=1S/C25H22FN3O6/c1-13-17(26)10-15(23(30)33-2)11-18(13)29-21(25(32)35-4)20(24(31)34-3)19(16(12-27)22(29)28)14-8-6-5-7-9-14/h5-11,19H,28H2,1-4H3. The molecule has 1 heterocycles. The zero-order chi connectivity index (χ0) is 25.9. The van der Waals surface area contributed by atoms with Gasteiger partial charge in [-0.1, -0.05) is 30.3 Å². The first kappa shape index (κ1) is 25.0. The maximum absolute atomic E-state index is 14.9. The number of hydrogen-bond acceptors (Lipinski definition) is 9. The molecule has 1 atom stereocenters. The minimum Gasteiger partial charge on any atom is -0.466 e. The Bertz CT molecular complexity index is 1310. The van der Waals surface area contributed by atoms with Crippen molar-refractivity contribution in [2.45, 2.75) is 12.8 Å². The third-order valence-electron chi connectivity index (χ3n) is 5.59. The van der Waals surface area contributed by atoms with E-state index in [1.54, 1.807) is 30.3 Å². The van der Waals surface area contributed by atoms with Gasteiger partial charge in [-0.15, -0.1) is 0 Å². The summed E-state index contributed by atoms with van der Waals surface area (Å²) in [6, 6.07) is 12.7. The lowest BCUT2D eigenvalue weighted by Crippen LogP contribution is -2.41. The van der Waals surface area contributed by atoms with Crippen molar-refractivity contribution in [2.24, 2.45) is 5.73 Å². The second-order valence-corrected chi connectivity index (χ2v) is 7.43. The lowest BCUT2D eigenvalue weighted by atomic mass is 9.80. The average Bonchev–Trinajstić information content (AvgIpc) is 2.88. The molecular weight excluding hydrogens is 457 g/mol. The first-order valence-corrected chi connectivity index (χ1v) is 10.3. The Balaban J connectivity index is 2.48. The number of hydrogen-bond donors (Lipinski definition) is 1. The number of nitrogens with two attached hydrogens (primary N) is 1. The van der Waals surface area contributed by atoms with Gasteiger partial charge in [0.15, 0.2) is 0 Å². The second kappa shape index (κ2) is 10.1. The largest absolute Gasteiger partial charge is 0.466 e. The van der Waals surface area contributed by atoms with E-state index in [-0.39, 0.29) is 39.5 Å². The number of carbonyl (C=O) groups excluding carboxylic acids is 3. The summed E-state index contributed by atoms with van der Waals surface area (Å²) < 4.78 is 29.5. The van der Waals surface area contributed by atoms with Gasteiger partial charge in [-0.05, 0) is 24.6 Å². The third-order valence-corrected chi connectivity index (χ3v) is 5.59. The first-order chi connectivity index (χ1) is 16.7. The summed E-state index contributed by atoms with van der Waals surface area (Å²) >= 11 is 0. The van der Waals surface area contributed by atoms with Gasteiger partial charge in [-0.2, -0.15) is 5.26 Å². The van der Waals surface area contributed by atoms with Crippen molar-refractivity contribution >= 4 is 23.6 Å². The quantitative estimate of drug-likeness (QED) is 0.508. The molecule has 1 aliphatic rings. The zero-order valence-corrected chi connectivity index (χ0v) is 19.4. The van der Waals surface area contributed by atoms with Gasteiger partial charge >= 0.3 is 17.9 Å². The smallest absolute Gasteiger partial charge is 0.355 e. The molecule has 0 amide bonds. The van der Waals surface area contributed by atoms with E-state index in [9.17, 15) is 24.0 Å². The molecule has 9 nitrogen and oxygen atoms in total. The van der Waals surface area contributed by atoms with E-state index in [0.717, 1.165) is 32.3 Å². The highest BCUT2D eigenvalue weighted by Gasteiger charge is 2.43. The molecule has 2 aromatic rings. The maximum atomic E-state index is 14.9. The maximum Gasteiger partial charge on any atom is 0.355 e. The molecule has 0 bridgehead atoms. The summed E-state index contributed by atoms with van der Waals surface area (Å²) in [4.78, 5) is 39.3. The minimum absolute atomic E-state index is 0.0123. The molecule has 0 spiro atoms. The van der Waals surface area contributed by atoms with Gasteiger partial charge in [0.1, 0.15) is 17.3 Å². The second-order valence-electron chi connectivity index (χ2n) is 7.43. The average molecular weight is 479 g/mol. The summed E-state index contributed by atoms with van der Waals surface area (Å²) in [7, 11) is 3.34. The Morgan fingerprint density at radius 2 is 1.60 bits per heavy atom. The van der Waals surface area contributed by atoms with Gasteiger partial charge in [0, 0.05) is 5.56 Å².